The summed E-state index contributed by atoms with van der Waals surface area (Å²) in [6, 6.07) is 7.87. The van der Waals surface area contributed by atoms with Crippen molar-refractivity contribution < 1.29 is 4.79 Å². The van der Waals surface area contributed by atoms with Gasteiger partial charge in [-0.3, -0.25) is 14.6 Å². The van der Waals surface area contributed by atoms with Gasteiger partial charge in [0.05, 0.1) is 12.1 Å². The molecule has 0 aliphatic rings. The number of nitrogens with two attached hydrogens (primary N) is 1. The predicted octanol–water partition coefficient (Wildman–Crippen LogP) is -1.18. The van der Waals surface area contributed by atoms with Gasteiger partial charge in [0.2, 0.25) is 11.6 Å². The molecule has 0 unspecified atom stereocenters. The molecule has 20 heavy (non-hydrogen) atoms. The second-order valence-corrected chi connectivity index (χ2v) is 3.94. The summed E-state index contributed by atoms with van der Waals surface area (Å²) < 4.78 is 0.897. The number of hydrogen-bond acceptors (Lipinski definition) is 5. The summed E-state index contributed by atoms with van der Waals surface area (Å²) in [5.74, 6) is -0.469. The fourth-order valence-corrected chi connectivity index (χ4v) is 1.60. The Hall–Kier alpha value is -3.21. The van der Waals surface area contributed by atoms with Crippen molar-refractivity contribution in [2.75, 3.05) is 0 Å². The minimum Gasteiger partial charge on any atom is -0.369 e. The molecule has 100 valence electrons. The lowest BCUT2D eigenvalue weighted by Gasteiger charge is -2.04. The summed E-state index contributed by atoms with van der Waals surface area (Å²) in [6.45, 7) is 0. The summed E-state index contributed by atoms with van der Waals surface area (Å²) in [5.41, 5.74) is 4.11. The van der Waals surface area contributed by atoms with Gasteiger partial charge >= 0.3 is 5.69 Å². The van der Waals surface area contributed by atoms with E-state index in [0.29, 0.717) is 11.3 Å². The molecule has 2 rings (SSSR count). The third kappa shape index (κ3) is 2.62. The van der Waals surface area contributed by atoms with Gasteiger partial charge in [-0.2, -0.15) is 9.94 Å². The van der Waals surface area contributed by atoms with Crippen LogP contribution in [0.15, 0.2) is 33.9 Å². The molecule has 0 bridgehead atoms. The fourth-order valence-electron chi connectivity index (χ4n) is 1.60. The summed E-state index contributed by atoms with van der Waals surface area (Å²) >= 11 is 0. The van der Waals surface area contributed by atoms with E-state index in [1.54, 1.807) is 18.2 Å². The van der Waals surface area contributed by atoms with E-state index < -0.39 is 22.9 Å². The number of primary amides is 1. The maximum absolute atomic E-state index is 11.6. The Kier molecular flexibility index (Phi) is 3.43. The number of nitrogens with one attached hydrogen (secondary N) is 1. The third-order valence-electron chi connectivity index (χ3n) is 2.49. The molecule has 8 heteroatoms. The summed E-state index contributed by atoms with van der Waals surface area (Å²) in [7, 11) is 0. The van der Waals surface area contributed by atoms with E-state index in [4.69, 9.17) is 11.0 Å². The van der Waals surface area contributed by atoms with E-state index in [1.165, 1.54) is 12.1 Å². The van der Waals surface area contributed by atoms with Gasteiger partial charge in [0.1, 0.15) is 6.07 Å². The van der Waals surface area contributed by atoms with Crippen LogP contribution in [0.5, 0.6) is 0 Å². The van der Waals surface area contributed by atoms with Crippen LogP contribution in [0.1, 0.15) is 11.3 Å². The van der Waals surface area contributed by atoms with Crippen LogP contribution < -0.4 is 17.0 Å². The summed E-state index contributed by atoms with van der Waals surface area (Å²) in [5, 5.41) is 12.4. The minimum absolute atomic E-state index is 0.0810. The molecule has 0 saturated heterocycles. The number of amides is 1. The Morgan fingerprint density at radius 3 is 2.55 bits per heavy atom. The van der Waals surface area contributed by atoms with Crippen molar-refractivity contribution in [2.45, 2.75) is 6.42 Å². The van der Waals surface area contributed by atoms with E-state index in [1.807, 2.05) is 4.98 Å². The number of nitriles is 1. The highest BCUT2D eigenvalue weighted by Crippen LogP contribution is 2.07. The molecule has 0 atom stereocenters. The monoisotopic (exact) mass is 271 g/mol. The Balaban J connectivity index is 2.47. The Morgan fingerprint density at radius 2 is 2.00 bits per heavy atom. The van der Waals surface area contributed by atoms with Gasteiger partial charge < -0.3 is 5.73 Å². The van der Waals surface area contributed by atoms with E-state index in [-0.39, 0.29) is 6.42 Å². The molecule has 0 aliphatic carbocycles. The first kappa shape index (κ1) is 13.2. The lowest BCUT2D eigenvalue weighted by Crippen LogP contribution is -2.33. The van der Waals surface area contributed by atoms with Gasteiger partial charge in [0, 0.05) is 0 Å². The standard InChI is InChI=1S/C12H9N5O3/c13-6-9-11(19)15-12(20)17(16-9)8-3-1-7(2-4-8)5-10(14)18/h1-4H,5H2,(H2,14,18)(H,15,19,20). The number of aromatic amines is 1. The van der Waals surface area contributed by atoms with E-state index in [9.17, 15) is 14.4 Å². The highest BCUT2D eigenvalue weighted by Gasteiger charge is 2.08. The van der Waals surface area contributed by atoms with E-state index >= 15 is 0 Å². The number of rotatable bonds is 3. The second kappa shape index (κ2) is 5.19. The van der Waals surface area contributed by atoms with Crippen LogP contribution >= 0.6 is 0 Å². The molecule has 2 aromatic rings. The minimum atomic E-state index is -0.834. The first-order chi connectivity index (χ1) is 9.51. The topological polar surface area (TPSA) is 135 Å². The van der Waals surface area contributed by atoms with Crippen LogP contribution in [0.2, 0.25) is 0 Å². The molecule has 1 amide bonds. The molecule has 0 aliphatic heterocycles. The number of carbonyl (C=O) groups excluding carboxylic acids is 1. The second-order valence-electron chi connectivity index (χ2n) is 3.94. The highest BCUT2D eigenvalue weighted by atomic mass is 16.2. The zero-order valence-corrected chi connectivity index (χ0v) is 10.2. The van der Waals surface area contributed by atoms with Crippen LogP contribution in [-0.2, 0) is 11.2 Å². The average molecular weight is 271 g/mol. The predicted molar refractivity (Wildman–Crippen MR) is 68.1 cm³/mol. The van der Waals surface area contributed by atoms with Gasteiger partial charge in [-0.15, -0.1) is 5.10 Å². The van der Waals surface area contributed by atoms with Crippen molar-refractivity contribution in [3.63, 3.8) is 0 Å². The van der Waals surface area contributed by atoms with Gasteiger partial charge in [0.15, 0.2) is 0 Å². The average Bonchev–Trinajstić information content (AvgIpc) is 2.39. The quantitative estimate of drug-likeness (QED) is 0.724. The van der Waals surface area contributed by atoms with Crippen molar-refractivity contribution in [3.8, 4) is 11.8 Å². The maximum atomic E-state index is 11.6. The molecule has 1 aromatic heterocycles. The molecule has 3 N–H and O–H groups in total. The maximum Gasteiger partial charge on any atom is 0.349 e. The number of H-pyrrole nitrogens is 1. The number of benzene rings is 1. The van der Waals surface area contributed by atoms with Crippen LogP contribution in [0, 0.1) is 11.3 Å². The SMILES string of the molecule is N#Cc1nn(-c2ccc(CC(N)=O)cc2)c(=O)[nH]c1=O. The number of nitrogens with zero attached hydrogens (tertiary/aromatic N) is 3. The molecule has 0 saturated carbocycles. The Bertz CT molecular complexity index is 811. The zero-order valence-electron chi connectivity index (χ0n) is 10.2. The normalized spacial score (nSPS) is 9.95. The summed E-state index contributed by atoms with van der Waals surface area (Å²) in [6.07, 6.45) is 0.0810. The van der Waals surface area contributed by atoms with Crippen molar-refractivity contribution in [1.29, 1.82) is 5.26 Å². The smallest absolute Gasteiger partial charge is 0.349 e. The first-order valence-corrected chi connectivity index (χ1v) is 5.52. The Labute approximate surface area is 112 Å². The first-order valence-electron chi connectivity index (χ1n) is 5.52. The van der Waals surface area contributed by atoms with Crippen molar-refractivity contribution in [1.82, 2.24) is 14.8 Å². The molecular formula is C12H9N5O3. The molecule has 8 nitrogen and oxygen atoms in total. The molecule has 1 aromatic carbocycles. The van der Waals surface area contributed by atoms with Gasteiger partial charge in [-0.1, -0.05) is 12.1 Å². The highest BCUT2D eigenvalue weighted by molar-refractivity contribution is 5.76. The fraction of sp³-hybridized carbons (Fsp3) is 0.0833. The molecule has 1 heterocycles. The molecule has 0 fully saturated rings. The van der Waals surface area contributed by atoms with Crippen LogP contribution in [0.4, 0.5) is 0 Å². The molecule has 0 spiro atoms. The van der Waals surface area contributed by atoms with E-state index in [2.05, 4.69) is 5.10 Å². The zero-order chi connectivity index (χ0) is 14.7. The largest absolute Gasteiger partial charge is 0.369 e. The van der Waals surface area contributed by atoms with Gasteiger partial charge in [0.25, 0.3) is 5.56 Å². The van der Waals surface area contributed by atoms with Gasteiger partial charge in [-0.25, -0.2) is 4.79 Å². The Morgan fingerprint density at radius 1 is 1.35 bits per heavy atom. The van der Waals surface area contributed by atoms with Crippen molar-refractivity contribution in [3.05, 3.63) is 56.4 Å². The van der Waals surface area contributed by atoms with Gasteiger partial charge in [-0.05, 0) is 17.7 Å². The van der Waals surface area contributed by atoms with Crippen LogP contribution in [-0.4, -0.2) is 20.7 Å². The van der Waals surface area contributed by atoms with Crippen LogP contribution in [0.25, 0.3) is 5.69 Å². The number of carbonyl (C=O) groups is 1. The number of aromatic nitrogens is 3. The number of hydrogen-bond donors (Lipinski definition) is 2. The van der Waals surface area contributed by atoms with Crippen LogP contribution in [0.3, 0.4) is 0 Å². The molecular weight excluding hydrogens is 262 g/mol. The van der Waals surface area contributed by atoms with Crippen molar-refractivity contribution in [2.24, 2.45) is 5.73 Å². The molecule has 0 radical (unpaired) electrons. The summed E-state index contributed by atoms with van der Waals surface area (Å²) in [4.78, 5) is 35.6. The third-order valence-corrected chi connectivity index (χ3v) is 2.49. The lowest BCUT2D eigenvalue weighted by atomic mass is 10.1. The lowest BCUT2D eigenvalue weighted by molar-refractivity contribution is -0.117. The van der Waals surface area contributed by atoms with Crippen molar-refractivity contribution >= 4 is 5.91 Å². The van der Waals surface area contributed by atoms with E-state index in [0.717, 1.165) is 4.68 Å².